The summed E-state index contributed by atoms with van der Waals surface area (Å²) in [4.78, 5) is 35.8. The highest BCUT2D eigenvalue weighted by molar-refractivity contribution is 5.88. The smallest absolute Gasteiger partial charge is 0.329 e. The topological polar surface area (TPSA) is 102 Å². The van der Waals surface area contributed by atoms with E-state index in [0.717, 1.165) is 6.42 Å². The predicted octanol–water partition coefficient (Wildman–Crippen LogP) is -1.39. The van der Waals surface area contributed by atoms with Gasteiger partial charge in [-0.3, -0.25) is 9.59 Å². The van der Waals surface area contributed by atoms with Crippen LogP contribution in [0.25, 0.3) is 0 Å². The fourth-order valence-corrected chi connectivity index (χ4v) is 1.89. The summed E-state index contributed by atoms with van der Waals surface area (Å²) in [6.07, 6.45) is 1.30. The molecular weight excluding hydrogens is 238 g/mol. The van der Waals surface area contributed by atoms with E-state index in [1.165, 1.54) is 4.90 Å². The maximum absolute atomic E-state index is 12.0. The van der Waals surface area contributed by atoms with Gasteiger partial charge in [0.15, 0.2) is 6.61 Å². The van der Waals surface area contributed by atoms with Crippen molar-refractivity contribution in [1.29, 1.82) is 0 Å². The number of hydrogen-bond acceptors (Lipinski definition) is 5. The van der Waals surface area contributed by atoms with E-state index in [9.17, 15) is 14.4 Å². The SMILES string of the molecule is CN[C@@H](C)C(=O)N1CCC[C@H]1C(=O)OCC(N)=O. The number of nitrogens with one attached hydrogen (secondary N) is 1. The molecule has 7 heteroatoms. The third-order valence-corrected chi connectivity index (χ3v) is 2.97. The molecule has 0 aromatic rings. The lowest BCUT2D eigenvalue weighted by Gasteiger charge is -2.25. The number of rotatable bonds is 5. The number of hydrogen-bond donors (Lipinski definition) is 2. The van der Waals surface area contributed by atoms with Gasteiger partial charge in [-0.1, -0.05) is 0 Å². The van der Waals surface area contributed by atoms with Crippen molar-refractivity contribution < 1.29 is 19.1 Å². The number of primary amides is 1. The standard InChI is InChI=1S/C11H19N3O4/c1-7(13-2)10(16)14-5-3-4-8(14)11(17)18-6-9(12)15/h7-8,13H,3-6H2,1-2H3,(H2,12,15)/t7-,8-/m0/s1. The zero-order chi connectivity index (χ0) is 13.7. The number of carbonyl (C=O) groups excluding carboxylic acids is 3. The van der Waals surface area contributed by atoms with Crippen LogP contribution in [-0.2, 0) is 19.1 Å². The summed E-state index contributed by atoms with van der Waals surface area (Å²) in [6.45, 7) is 1.81. The van der Waals surface area contributed by atoms with Crippen LogP contribution in [-0.4, -0.2) is 55.0 Å². The monoisotopic (exact) mass is 257 g/mol. The minimum absolute atomic E-state index is 0.143. The third-order valence-electron chi connectivity index (χ3n) is 2.97. The molecule has 0 aromatic heterocycles. The molecule has 102 valence electrons. The van der Waals surface area contributed by atoms with E-state index in [1.54, 1.807) is 14.0 Å². The second kappa shape index (κ2) is 6.34. The Bertz CT molecular complexity index is 345. The van der Waals surface area contributed by atoms with Crippen LogP contribution in [0.1, 0.15) is 19.8 Å². The average Bonchev–Trinajstić information content (AvgIpc) is 2.82. The van der Waals surface area contributed by atoms with Gasteiger partial charge in [0.1, 0.15) is 6.04 Å². The Labute approximate surface area is 106 Å². The third kappa shape index (κ3) is 3.43. The molecule has 0 aliphatic carbocycles. The minimum Gasteiger partial charge on any atom is -0.454 e. The maximum Gasteiger partial charge on any atom is 0.329 e. The molecule has 2 atom stereocenters. The molecule has 0 spiro atoms. The van der Waals surface area contributed by atoms with Gasteiger partial charge in [-0.05, 0) is 26.8 Å². The van der Waals surface area contributed by atoms with Crippen LogP contribution in [0.3, 0.4) is 0 Å². The molecule has 18 heavy (non-hydrogen) atoms. The number of amides is 2. The molecule has 1 aliphatic rings. The lowest BCUT2D eigenvalue weighted by molar-refractivity contribution is -0.155. The Morgan fingerprint density at radius 3 is 2.72 bits per heavy atom. The normalized spacial score (nSPS) is 20.6. The Hall–Kier alpha value is -1.63. The van der Waals surface area contributed by atoms with Crippen LogP contribution in [0.15, 0.2) is 0 Å². The van der Waals surface area contributed by atoms with Crippen molar-refractivity contribution in [1.82, 2.24) is 10.2 Å². The van der Waals surface area contributed by atoms with Gasteiger partial charge in [0, 0.05) is 6.54 Å². The predicted molar refractivity (Wildman–Crippen MR) is 63.4 cm³/mol. The Morgan fingerprint density at radius 1 is 1.50 bits per heavy atom. The van der Waals surface area contributed by atoms with Crippen molar-refractivity contribution in [2.75, 3.05) is 20.2 Å². The van der Waals surface area contributed by atoms with Crippen molar-refractivity contribution >= 4 is 17.8 Å². The number of carbonyl (C=O) groups is 3. The van der Waals surface area contributed by atoms with E-state index in [4.69, 9.17) is 10.5 Å². The number of nitrogens with zero attached hydrogens (tertiary/aromatic N) is 1. The second-order valence-corrected chi connectivity index (χ2v) is 4.27. The number of ether oxygens (including phenoxy) is 1. The molecule has 1 fully saturated rings. The highest BCUT2D eigenvalue weighted by atomic mass is 16.5. The van der Waals surface area contributed by atoms with Crippen molar-refractivity contribution in [3.63, 3.8) is 0 Å². The van der Waals surface area contributed by atoms with Crippen molar-refractivity contribution in [2.45, 2.75) is 31.8 Å². The zero-order valence-electron chi connectivity index (χ0n) is 10.6. The van der Waals surface area contributed by atoms with Crippen LogP contribution in [0.2, 0.25) is 0 Å². The second-order valence-electron chi connectivity index (χ2n) is 4.27. The lowest BCUT2D eigenvalue weighted by Crippen LogP contribution is -2.49. The van der Waals surface area contributed by atoms with E-state index >= 15 is 0 Å². The van der Waals surface area contributed by atoms with E-state index in [1.807, 2.05) is 0 Å². The first-order valence-electron chi connectivity index (χ1n) is 5.90. The van der Waals surface area contributed by atoms with Crippen LogP contribution < -0.4 is 11.1 Å². The number of nitrogens with two attached hydrogens (primary N) is 1. The summed E-state index contributed by atoms with van der Waals surface area (Å²) in [5.41, 5.74) is 4.90. The van der Waals surface area contributed by atoms with Crippen LogP contribution in [0.5, 0.6) is 0 Å². The van der Waals surface area contributed by atoms with Gasteiger partial charge in [-0.2, -0.15) is 0 Å². The van der Waals surface area contributed by atoms with E-state index in [2.05, 4.69) is 5.32 Å². The molecule has 1 heterocycles. The largest absolute Gasteiger partial charge is 0.454 e. The molecule has 7 nitrogen and oxygen atoms in total. The zero-order valence-corrected chi connectivity index (χ0v) is 10.6. The Morgan fingerprint density at radius 2 is 2.17 bits per heavy atom. The van der Waals surface area contributed by atoms with Gasteiger partial charge in [-0.15, -0.1) is 0 Å². The first kappa shape index (κ1) is 14.4. The molecule has 0 aromatic carbocycles. The van der Waals surface area contributed by atoms with Gasteiger partial charge in [-0.25, -0.2) is 4.79 Å². The van der Waals surface area contributed by atoms with Gasteiger partial charge in [0.05, 0.1) is 6.04 Å². The minimum atomic E-state index is -0.706. The molecule has 1 rings (SSSR count). The number of likely N-dealkylation sites (N-methyl/N-ethyl adjacent to an activating group) is 1. The number of likely N-dealkylation sites (tertiary alicyclic amines) is 1. The Kier molecular flexibility index (Phi) is 5.08. The highest BCUT2D eigenvalue weighted by Gasteiger charge is 2.36. The molecule has 3 N–H and O–H groups in total. The van der Waals surface area contributed by atoms with Crippen molar-refractivity contribution in [2.24, 2.45) is 5.73 Å². The molecule has 0 radical (unpaired) electrons. The van der Waals surface area contributed by atoms with Crippen LogP contribution in [0.4, 0.5) is 0 Å². The van der Waals surface area contributed by atoms with E-state index in [-0.39, 0.29) is 11.9 Å². The molecule has 1 aliphatic heterocycles. The quantitative estimate of drug-likeness (QED) is 0.591. The van der Waals surface area contributed by atoms with Crippen molar-refractivity contribution in [3.05, 3.63) is 0 Å². The van der Waals surface area contributed by atoms with Gasteiger partial charge in [0.2, 0.25) is 5.91 Å². The van der Waals surface area contributed by atoms with Crippen LogP contribution >= 0.6 is 0 Å². The van der Waals surface area contributed by atoms with E-state index in [0.29, 0.717) is 13.0 Å². The summed E-state index contributed by atoms with van der Waals surface area (Å²) in [5, 5.41) is 2.83. The molecule has 2 amide bonds. The molecule has 0 saturated carbocycles. The van der Waals surface area contributed by atoms with Crippen LogP contribution in [0, 0.1) is 0 Å². The van der Waals surface area contributed by atoms with Gasteiger partial charge >= 0.3 is 5.97 Å². The van der Waals surface area contributed by atoms with Gasteiger partial charge < -0.3 is 20.7 Å². The highest BCUT2D eigenvalue weighted by Crippen LogP contribution is 2.19. The maximum atomic E-state index is 12.0. The molecular formula is C11H19N3O4. The summed E-state index contributed by atoms with van der Waals surface area (Å²) < 4.78 is 4.75. The molecule has 0 unspecified atom stereocenters. The molecule has 0 bridgehead atoms. The average molecular weight is 257 g/mol. The summed E-state index contributed by atoms with van der Waals surface area (Å²) in [6, 6.07) is -0.956. The fourth-order valence-electron chi connectivity index (χ4n) is 1.89. The van der Waals surface area contributed by atoms with Gasteiger partial charge in [0.25, 0.3) is 5.91 Å². The van der Waals surface area contributed by atoms with Crippen molar-refractivity contribution in [3.8, 4) is 0 Å². The number of esters is 1. The lowest BCUT2D eigenvalue weighted by atomic mass is 10.2. The first-order chi connectivity index (χ1) is 8.47. The first-order valence-corrected chi connectivity index (χ1v) is 5.90. The fraction of sp³-hybridized carbons (Fsp3) is 0.727. The summed E-state index contributed by atoms with van der Waals surface area (Å²) in [7, 11) is 1.68. The summed E-state index contributed by atoms with van der Waals surface area (Å²) in [5.74, 6) is -1.42. The Balaban J connectivity index is 2.61. The molecule has 1 saturated heterocycles. The van der Waals surface area contributed by atoms with E-state index < -0.39 is 24.5 Å². The summed E-state index contributed by atoms with van der Waals surface area (Å²) >= 11 is 0.